The first kappa shape index (κ1) is 13.8. The topological polar surface area (TPSA) is 80.5 Å². The van der Waals surface area contributed by atoms with Crippen molar-refractivity contribution in [2.24, 2.45) is 11.7 Å². The van der Waals surface area contributed by atoms with E-state index in [4.69, 9.17) is 17.3 Å². The number of hydrogen-bond acceptors (Lipinski definition) is 4. The third kappa shape index (κ3) is 3.22. The van der Waals surface area contributed by atoms with Gasteiger partial charge in [-0.2, -0.15) is 20.3 Å². The molecule has 5 nitrogen and oxygen atoms in total. The first-order chi connectivity index (χ1) is 8.92. The van der Waals surface area contributed by atoms with Crippen molar-refractivity contribution in [3.05, 3.63) is 23.2 Å². The number of benzene rings is 1. The van der Waals surface area contributed by atoms with E-state index in [1.54, 1.807) is 18.2 Å². The van der Waals surface area contributed by atoms with E-state index < -0.39 is 5.54 Å². The fourth-order valence-electron chi connectivity index (χ4n) is 2.13. The van der Waals surface area contributed by atoms with Gasteiger partial charge in [-0.25, -0.2) is 0 Å². The molecule has 1 aromatic carbocycles. The molecule has 2 rings (SSSR count). The van der Waals surface area contributed by atoms with Crippen LogP contribution in [0, 0.1) is 17.2 Å². The molecule has 0 amide bonds. The highest BCUT2D eigenvalue weighted by molar-refractivity contribution is 6.31. The number of nitriles is 1. The average Bonchev–Trinajstić information content (AvgIpc) is 2.68. The Labute approximate surface area is 116 Å². The van der Waals surface area contributed by atoms with Gasteiger partial charge in [-0.1, -0.05) is 25.4 Å². The summed E-state index contributed by atoms with van der Waals surface area (Å²) >= 11 is 5.90. The quantitative estimate of drug-likeness (QED) is 0.930. The van der Waals surface area contributed by atoms with E-state index in [0.717, 1.165) is 5.52 Å². The van der Waals surface area contributed by atoms with Crippen LogP contribution >= 0.6 is 11.6 Å². The number of aromatic nitrogens is 3. The van der Waals surface area contributed by atoms with Crippen molar-refractivity contribution in [3.63, 3.8) is 0 Å². The van der Waals surface area contributed by atoms with Crippen LogP contribution in [0.5, 0.6) is 0 Å². The van der Waals surface area contributed by atoms with Crippen LogP contribution in [-0.4, -0.2) is 20.5 Å². The van der Waals surface area contributed by atoms with Crippen LogP contribution < -0.4 is 5.73 Å². The lowest BCUT2D eigenvalue weighted by molar-refractivity contribution is 0.339. The number of nitrogens with two attached hydrogens (primary N) is 1. The normalized spacial score (nSPS) is 14.5. The Kier molecular flexibility index (Phi) is 3.74. The molecular formula is C13H16ClN5. The van der Waals surface area contributed by atoms with Gasteiger partial charge in [0.25, 0.3) is 0 Å². The molecular weight excluding hydrogens is 262 g/mol. The van der Waals surface area contributed by atoms with E-state index in [-0.39, 0.29) is 6.54 Å². The molecule has 1 aromatic heterocycles. The highest BCUT2D eigenvalue weighted by Crippen LogP contribution is 2.18. The van der Waals surface area contributed by atoms with E-state index in [1.807, 2.05) is 13.8 Å². The second-order valence-electron chi connectivity index (χ2n) is 5.23. The maximum atomic E-state index is 9.25. The molecule has 0 saturated carbocycles. The molecule has 19 heavy (non-hydrogen) atoms. The predicted molar refractivity (Wildman–Crippen MR) is 74.5 cm³/mol. The van der Waals surface area contributed by atoms with E-state index in [9.17, 15) is 5.26 Å². The summed E-state index contributed by atoms with van der Waals surface area (Å²) in [6.45, 7) is 4.34. The summed E-state index contributed by atoms with van der Waals surface area (Å²) in [5.74, 6) is 0.337. The van der Waals surface area contributed by atoms with Crippen molar-refractivity contribution < 1.29 is 0 Å². The number of nitrogens with zero attached hydrogens (tertiary/aromatic N) is 4. The van der Waals surface area contributed by atoms with Gasteiger partial charge in [-0.3, -0.25) is 0 Å². The summed E-state index contributed by atoms with van der Waals surface area (Å²) in [7, 11) is 0. The van der Waals surface area contributed by atoms with E-state index in [1.165, 1.54) is 4.80 Å². The molecule has 0 radical (unpaired) electrons. The standard InChI is InChI=1S/C13H16ClN5/c1-9(2)6-13(16,7-15)8-19-17-11-4-3-10(14)5-12(11)18-19/h3-5,9H,6,8,16H2,1-2H3. The molecule has 0 fully saturated rings. The fourth-order valence-corrected chi connectivity index (χ4v) is 2.30. The zero-order chi connectivity index (χ0) is 14.0. The van der Waals surface area contributed by atoms with Crippen LogP contribution in [-0.2, 0) is 6.54 Å². The Morgan fingerprint density at radius 3 is 2.74 bits per heavy atom. The van der Waals surface area contributed by atoms with Crippen LogP contribution in [0.4, 0.5) is 0 Å². The molecule has 6 heteroatoms. The average molecular weight is 278 g/mol. The lowest BCUT2D eigenvalue weighted by atomic mass is 9.91. The van der Waals surface area contributed by atoms with Crippen LogP contribution in [0.25, 0.3) is 11.0 Å². The second kappa shape index (κ2) is 5.16. The summed E-state index contributed by atoms with van der Waals surface area (Å²) in [6, 6.07) is 7.47. The first-order valence-corrected chi connectivity index (χ1v) is 6.50. The fraction of sp³-hybridized carbons (Fsp3) is 0.462. The van der Waals surface area contributed by atoms with E-state index in [0.29, 0.717) is 22.9 Å². The van der Waals surface area contributed by atoms with Gasteiger partial charge in [-0.05, 0) is 30.5 Å². The number of halogens is 1. The van der Waals surface area contributed by atoms with Crippen LogP contribution in [0.3, 0.4) is 0 Å². The second-order valence-corrected chi connectivity index (χ2v) is 5.67. The van der Waals surface area contributed by atoms with Gasteiger partial charge >= 0.3 is 0 Å². The third-order valence-electron chi connectivity index (χ3n) is 2.80. The van der Waals surface area contributed by atoms with Gasteiger partial charge in [-0.15, -0.1) is 0 Å². The van der Waals surface area contributed by atoms with Crippen molar-refractivity contribution >= 4 is 22.6 Å². The highest BCUT2D eigenvalue weighted by atomic mass is 35.5. The number of fused-ring (bicyclic) bond motifs is 1. The predicted octanol–water partition coefficient (Wildman–Crippen LogP) is 2.35. The molecule has 2 N–H and O–H groups in total. The first-order valence-electron chi connectivity index (χ1n) is 6.12. The van der Waals surface area contributed by atoms with Crippen LogP contribution in [0.15, 0.2) is 18.2 Å². The van der Waals surface area contributed by atoms with Gasteiger partial charge in [0.2, 0.25) is 0 Å². The number of hydrogen-bond donors (Lipinski definition) is 1. The Bertz CT molecular complexity index is 627. The molecule has 1 heterocycles. The molecule has 0 saturated heterocycles. The third-order valence-corrected chi connectivity index (χ3v) is 3.04. The highest BCUT2D eigenvalue weighted by Gasteiger charge is 2.27. The van der Waals surface area contributed by atoms with Gasteiger partial charge in [0, 0.05) is 5.02 Å². The molecule has 100 valence electrons. The van der Waals surface area contributed by atoms with Crippen LogP contribution in [0.2, 0.25) is 5.02 Å². The zero-order valence-electron chi connectivity index (χ0n) is 11.0. The van der Waals surface area contributed by atoms with Crippen molar-refractivity contribution in [1.29, 1.82) is 5.26 Å². The molecule has 0 aliphatic heterocycles. The maximum Gasteiger partial charge on any atom is 0.126 e. The Balaban J connectivity index is 2.27. The van der Waals surface area contributed by atoms with Crippen molar-refractivity contribution in [2.45, 2.75) is 32.4 Å². The summed E-state index contributed by atoms with van der Waals surface area (Å²) in [5, 5.41) is 18.5. The van der Waals surface area contributed by atoms with Gasteiger partial charge in [0.05, 0.1) is 12.6 Å². The molecule has 1 unspecified atom stereocenters. The molecule has 0 spiro atoms. The largest absolute Gasteiger partial charge is 0.312 e. The summed E-state index contributed by atoms with van der Waals surface area (Å²) in [5.41, 5.74) is 6.59. The monoisotopic (exact) mass is 277 g/mol. The minimum Gasteiger partial charge on any atom is -0.312 e. The SMILES string of the molecule is CC(C)CC(N)(C#N)Cn1nc2ccc(Cl)cc2n1. The smallest absolute Gasteiger partial charge is 0.126 e. The van der Waals surface area contributed by atoms with Crippen molar-refractivity contribution in [3.8, 4) is 6.07 Å². The minimum atomic E-state index is -0.951. The Hall–Kier alpha value is -1.64. The molecule has 0 aliphatic rings. The molecule has 2 aromatic rings. The van der Waals surface area contributed by atoms with Crippen molar-refractivity contribution in [2.75, 3.05) is 0 Å². The van der Waals surface area contributed by atoms with Gasteiger partial charge in [0.1, 0.15) is 16.6 Å². The summed E-state index contributed by atoms with van der Waals surface area (Å²) in [4.78, 5) is 1.48. The lowest BCUT2D eigenvalue weighted by Crippen LogP contribution is -2.44. The van der Waals surface area contributed by atoms with Crippen molar-refractivity contribution in [1.82, 2.24) is 15.0 Å². The maximum absolute atomic E-state index is 9.25. The van der Waals surface area contributed by atoms with E-state index >= 15 is 0 Å². The van der Waals surface area contributed by atoms with E-state index in [2.05, 4.69) is 16.3 Å². The Morgan fingerprint density at radius 1 is 1.42 bits per heavy atom. The van der Waals surface area contributed by atoms with Gasteiger partial charge < -0.3 is 5.73 Å². The minimum absolute atomic E-state index is 0.272. The summed E-state index contributed by atoms with van der Waals surface area (Å²) < 4.78 is 0. The summed E-state index contributed by atoms with van der Waals surface area (Å²) in [6.07, 6.45) is 0.599. The number of rotatable bonds is 4. The molecule has 0 aliphatic carbocycles. The zero-order valence-corrected chi connectivity index (χ0v) is 11.7. The Morgan fingerprint density at radius 2 is 2.11 bits per heavy atom. The van der Waals surface area contributed by atoms with Crippen LogP contribution in [0.1, 0.15) is 20.3 Å². The molecule has 0 bridgehead atoms. The van der Waals surface area contributed by atoms with Gasteiger partial charge in [0.15, 0.2) is 0 Å². The lowest BCUT2D eigenvalue weighted by Gasteiger charge is -2.22. The molecule has 1 atom stereocenters.